The summed E-state index contributed by atoms with van der Waals surface area (Å²) < 4.78 is 22.8. The summed E-state index contributed by atoms with van der Waals surface area (Å²) in [5.41, 5.74) is -0.505. The number of nitrogens with zero attached hydrogens (tertiary/aromatic N) is 3. The van der Waals surface area contributed by atoms with Crippen LogP contribution < -0.4 is 10.6 Å². The van der Waals surface area contributed by atoms with Gasteiger partial charge in [0.15, 0.2) is 9.84 Å². The van der Waals surface area contributed by atoms with Crippen molar-refractivity contribution in [2.24, 2.45) is 0 Å². The van der Waals surface area contributed by atoms with Crippen LogP contribution in [0, 0.1) is 11.3 Å². The van der Waals surface area contributed by atoms with Gasteiger partial charge < -0.3 is 4.90 Å². The largest absolute Gasteiger partial charge is 0.355 e. The fourth-order valence-corrected chi connectivity index (χ4v) is 3.73. The smallest absolute Gasteiger partial charge is 0.347 e. The zero-order chi connectivity index (χ0) is 13.3. The maximum atomic E-state index is 11.4. The summed E-state index contributed by atoms with van der Waals surface area (Å²) in [6.07, 6.45) is 0.509. The highest BCUT2D eigenvalue weighted by Crippen LogP contribution is 2.20. The first kappa shape index (κ1) is 12.6. The van der Waals surface area contributed by atoms with E-state index in [1.807, 2.05) is 6.07 Å². The third-order valence-corrected chi connectivity index (χ3v) is 4.72. The van der Waals surface area contributed by atoms with Gasteiger partial charge in [0.05, 0.1) is 11.5 Å². The van der Waals surface area contributed by atoms with Crippen molar-refractivity contribution in [1.29, 1.82) is 5.26 Å². The number of nitriles is 1. The van der Waals surface area contributed by atoms with E-state index in [9.17, 15) is 13.2 Å². The summed E-state index contributed by atoms with van der Waals surface area (Å²) in [7, 11) is -1.32. The van der Waals surface area contributed by atoms with Crippen LogP contribution in [0.4, 0.5) is 5.82 Å². The SMILES string of the molecule is CN(c1cc(C#N)[nH]c(=O)n1)C1CCS(=O)(=O)C1. The lowest BCUT2D eigenvalue weighted by Crippen LogP contribution is -2.34. The van der Waals surface area contributed by atoms with Gasteiger partial charge in [-0.1, -0.05) is 0 Å². The first-order valence-corrected chi connectivity index (χ1v) is 7.18. The molecule has 8 heteroatoms. The van der Waals surface area contributed by atoms with Crippen molar-refractivity contribution in [2.75, 3.05) is 23.5 Å². The third kappa shape index (κ3) is 2.51. The first-order chi connectivity index (χ1) is 8.41. The number of hydrogen-bond acceptors (Lipinski definition) is 6. The molecule has 1 aromatic heterocycles. The summed E-state index contributed by atoms with van der Waals surface area (Å²) in [6, 6.07) is 3.07. The lowest BCUT2D eigenvalue weighted by molar-refractivity contribution is 0.600. The number of sulfone groups is 1. The second-order valence-electron chi connectivity index (χ2n) is 4.24. The van der Waals surface area contributed by atoms with Gasteiger partial charge in [0.25, 0.3) is 0 Å². The Kier molecular flexibility index (Phi) is 3.09. The lowest BCUT2D eigenvalue weighted by Gasteiger charge is -2.23. The monoisotopic (exact) mass is 268 g/mol. The molecule has 0 radical (unpaired) electrons. The van der Waals surface area contributed by atoms with E-state index in [-0.39, 0.29) is 23.2 Å². The Bertz CT molecular complexity index is 658. The predicted octanol–water partition coefficient (Wildman–Crippen LogP) is -0.735. The van der Waals surface area contributed by atoms with Crippen molar-refractivity contribution in [3.05, 3.63) is 22.2 Å². The number of aromatic amines is 1. The summed E-state index contributed by atoms with van der Waals surface area (Å²) in [4.78, 5) is 18.9. The molecule has 1 unspecified atom stereocenters. The van der Waals surface area contributed by atoms with Crippen molar-refractivity contribution in [3.63, 3.8) is 0 Å². The summed E-state index contributed by atoms with van der Waals surface area (Å²) in [5, 5.41) is 8.75. The Morgan fingerprint density at radius 3 is 2.89 bits per heavy atom. The Hall–Kier alpha value is -1.88. The van der Waals surface area contributed by atoms with Gasteiger partial charge in [0.1, 0.15) is 17.6 Å². The van der Waals surface area contributed by atoms with Crippen LogP contribution in [-0.4, -0.2) is 43.0 Å². The van der Waals surface area contributed by atoms with Gasteiger partial charge in [-0.15, -0.1) is 0 Å². The number of hydrogen-bond donors (Lipinski definition) is 1. The second kappa shape index (κ2) is 4.42. The quantitative estimate of drug-likeness (QED) is 0.757. The first-order valence-electron chi connectivity index (χ1n) is 5.36. The maximum Gasteiger partial charge on any atom is 0.347 e. The molecule has 18 heavy (non-hydrogen) atoms. The summed E-state index contributed by atoms with van der Waals surface area (Å²) in [5.74, 6) is 0.522. The van der Waals surface area contributed by atoms with Crippen LogP contribution in [0.5, 0.6) is 0 Å². The van der Waals surface area contributed by atoms with E-state index < -0.39 is 15.5 Å². The van der Waals surface area contributed by atoms with Crippen LogP contribution in [0.25, 0.3) is 0 Å². The Labute approximate surface area is 104 Å². The van der Waals surface area contributed by atoms with Crippen LogP contribution >= 0.6 is 0 Å². The minimum atomic E-state index is -2.99. The molecule has 1 atom stereocenters. The van der Waals surface area contributed by atoms with Gasteiger partial charge in [-0.2, -0.15) is 10.2 Å². The Morgan fingerprint density at radius 2 is 2.33 bits per heavy atom. The molecule has 1 aliphatic rings. The number of aromatic nitrogens is 2. The van der Waals surface area contributed by atoms with Crippen molar-refractivity contribution < 1.29 is 8.42 Å². The highest BCUT2D eigenvalue weighted by atomic mass is 32.2. The Balaban J connectivity index is 2.30. The fraction of sp³-hybridized carbons (Fsp3) is 0.500. The zero-order valence-electron chi connectivity index (χ0n) is 9.75. The normalized spacial score (nSPS) is 21.4. The molecule has 2 heterocycles. The molecule has 1 saturated heterocycles. The molecular formula is C10H12N4O3S. The molecule has 1 N–H and O–H groups in total. The minimum absolute atomic E-state index is 0.0554. The van der Waals surface area contributed by atoms with E-state index >= 15 is 0 Å². The van der Waals surface area contributed by atoms with Gasteiger partial charge in [0, 0.05) is 19.2 Å². The fourth-order valence-electron chi connectivity index (χ4n) is 1.95. The highest BCUT2D eigenvalue weighted by molar-refractivity contribution is 7.91. The molecule has 0 bridgehead atoms. The van der Waals surface area contributed by atoms with E-state index in [0.29, 0.717) is 12.2 Å². The van der Waals surface area contributed by atoms with Crippen LogP contribution in [0.2, 0.25) is 0 Å². The summed E-state index contributed by atoms with van der Waals surface area (Å²) in [6.45, 7) is 0. The topological polar surface area (TPSA) is 107 Å². The molecule has 1 aliphatic heterocycles. The Morgan fingerprint density at radius 1 is 1.61 bits per heavy atom. The van der Waals surface area contributed by atoms with Crippen LogP contribution in [0.15, 0.2) is 10.9 Å². The second-order valence-corrected chi connectivity index (χ2v) is 6.47. The van der Waals surface area contributed by atoms with E-state index in [4.69, 9.17) is 5.26 Å². The molecule has 0 aliphatic carbocycles. The van der Waals surface area contributed by atoms with E-state index in [1.165, 1.54) is 6.07 Å². The number of rotatable bonds is 2. The van der Waals surface area contributed by atoms with Crippen molar-refractivity contribution in [2.45, 2.75) is 12.5 Å². The van der Waals surface area contributed by atoms with Crippen LogP contribution in [0.3, 0.4) is 0 Å². The van der Waals surface area contributed by atoms with Crippen molar-refractivity contribution >= 4 is 15.7 Å². The number of anilines is 1. The van der Waals surface area contributed by atoms with Gasteiger partial charge in [-0.05, 0) is 6.42 Å². The average molecular weight is 268 g/mol. The number of nitrogens with one attached hydrogen (secondary N) is 1. The third-order valence-electron chi connectivity index (χ3n) is 2.97. The molecule has 0 amide bonds. The number of H-pyrrole nitrogens is 1. The van der Waals surface area contributed by atoms with Gasteiger partial charge in [-0.25, -0.2) is 13.2 Å². The predicted molar refractivity (Wildman–Crippen MR) is 65.0 cm³/mol. The molecule has 1 aromatic rings. The molecule has 7 nitrogen and oxygen atoms in total. The summed E-state index contributed by atoms with van der Waals surface area (Å²) >= 11 is 0. The van der Waals surface area contributed by atoms with Gasteiger partial charge >= 0.3 is 5.69 Å². The van der Waals surface area contributed by atoms with Gasteiger partial charge in [-0.3, -0.25) is 4.98 Å². The van der Waals surface area contributed by atoms with E-state index in [1.54, 1.807) is 11.9 Å². The molecular weight excluding hydrogens is 256 g/mol. The van der Waals surface area contributed by atoms with Crippen LogP contribution in [0.1, 0.15) is 12.1 Å². The molecule has 0 saturated carbocycles. The molecule has 96 valence electrons. The molecule has 0 spiro atoms. The van der Waals surface area contributed by atoms with E-state index in [0.717, 1.165) is 0 Å². The van der Waals surface area contributed by atoms with Crippen LogP contribution in [-0.2, 0) is 9.84 Å². The van der Waals surface area contributed by atoms with Gasteiger partial charge in [0.2, 0.25) is 0 Å². The highest BCUT2D eigenvalue weighted by Gasteiger charge is 2.31. The van der Waals surface area contributed by atoms with Crippen molar-refractivity contribution in [1.82, 2.24) is 9.97 Å². The molecule has 1 fully saturated rings. The lowest BCUT2D eigenvalue weighted by atomic mass is 10.2. The maximum absolute atomic E-state index is 11.4. The average Bonchev–Trinajstić information content (AvgIpc) is 2.67. The van der Waals surface area contributed by atoms with E-state index in [2.05, 4.69) is 9.97 Å². The zero-order valence-corrected chi connectivity index (χ0v) is 10.6. The minimum Gasteiger partial charge on any atom is -0.355 e. The van der Waals surface area contributed by atoms with Crippen molar-refractivity contribution in [3.8, 4) is 6.07 Å². The molecule has 2 rings (SSSR count). The standard InChI is InChI=1S/C10H12N4O3S/c1-14(8-2-3-18(16,17)6-8)9-4-7(5-11)12-10(15)13-9/h4,8H,2-3,6H2,1H3,(H,12,13,15). The molecule has 0 aromatic carbocycles.